The number of aryl methyl sites for hydroxylation is 1. The fourth-order valence-corrected chi connectivity index (χ4v) is 2.46. The van der Waals surface area contributed by atoms with Gasteiger partial charge in [-0.1, -0.05) is 17.3 Å². The standard InChI is InChI=1S/C17H21N5O/c1-11-6-5-7-14(8-11)22-13(3)15(10-19-22)17-20-16(21-23-17)9-12(2)18-4/h5-8,10,12,18H,9H2,1-4H3. The van der Waals surface area contributed by atoms with Crippen molar-refractivity contribution in [1.29, 1.82) is 0 Å². The molecule has 0 aliphatic carbocycles. The van der Waals surface area contributed by atoms with Gasteiger partial charge in [-0.25, -0.2) is 4.68 Å². The third-order valence-electron chi connectivity index (χ3n) is 3.94. The van der Waals surface area contributed by atoms with Crippen molar-refractivity contribution in [2.24, 2.45) is 0 Å². The second-order valence-electron chi connectivity index (χ2n) is 5.80. The second-order valence-corrected chi connectivity index (χ2v) is 5.80. The van der Waals surface area contributed by atoms with E-state index in [0.717, 1.165) is 23.4 Å². The van der Waals surface area contributed by atoms with E-state index in [9.17, 15) is 0 Å². The van der Waals surface area contributed by atoms with Gasteiger partial charge in [-0.15, -0.1) is 0 Å². The predicted octanol–water partition coefficient (Wildman–Crippen LogP) is 2.69. The van der Waals surface area contributed by atoms with Crippen LogP contribution < -0.4 is 5.32 Å². The Labute approximate surface area is 135 Å². The SMILES string of the molecule is CNC(C)Cc1noc(-c2cnn(-c3cccc(C)c3)c2C)n1. The van der Waals surface area contributed by atoms with Crippen molar-refractivity contribution in [1.82, 2.24) is 25.2 Å². The van der Waals surface area contributed by atoms with Gasteiger partial charge in [-0.05, 0) is 45.5 Å². The lowest BCUT2D eigenvalue weighted by Gasteiger charge is -2.05. The highest BCUT2D eigenvalue weighted by Gasteiger charge is 2.17. The molecule has 23 heavy (non-hydrogen) atoms. The molecular formula is C17H21N5O. The molecule has 0 saturated heterocycles. The molecule has 0 bridgehead atoms. The number of nitrogens with zero attached hydrogens (tertiary/aromatic N) is 4. The van der Waals surface area contributed by atoms with Crippen molar-refractivity contribution in [3.63, 3.8) is 0 Å². The lowest BCUT2D eigenvalue weighted by Crippen LogP contribution is -2.24. The van der Waals surface area contributed by atoms with Crippen LogP contribution in [0.5, 0.6) is 0 Å². The van der Waals surface area contributed by atoms with Crippen LogP contribution in [0, 0.1) is 13.8 Å². The van der Waals surface area contributed by atoms with Crippen molar-refractivity contribution >= 4 is 0 Å². The first-order valence-electron chi connectivity index (χ1n) is 7.70. The summed E-state index contributed by atoms with van der Waals surface area (Å²) in [4.78, 5) is 4.48. The van der Waals surface area contributed by atoms with Crippen LogP contribution in [0.3, 0.4) is 0 Å². The number of aromatic nitrogens is 4. The van der Waals surface area contributed by atoms with Crippen molar-refractivity contribution < 1.29 is 4.52 Å². The Bertz CT molecular complexity index is 805. The normalized spacial score (nSPS) is 12.5. The molecule has 2 aromatic heterocycles. The third-order valence-corrected chi connectivity index (χ3v) is 3.94. The maximum atomic E-state index is 5.41. The highest BCUT2D eigenvalue weighted by Crippen LogP contribution is 2.24. The molecule has 0 fully saturated rings. The lowest BCUT2D eigenvalue weighted by atomic mass is 10.2. The van der Waals surface area contributed by atoms with E-state index in [4.69, 9.17) is 4.52 Å². The highest BCUT2D eigenvalue weighted by molar-refractivity contribution is 5.56. The number of hydrogen-bond donors (Lipinski definition) is 1. The van der Waals surface area contributed by atoms with Gasteiger partial charge in [0.05, 0.1) is 23.1 Å². The van der Waals surface area contributed by atoms with Crippen LogP contribution in [0.4, 0.5) is 0 Å². The molecule has 0 spiro atoms. The molecule has 120 valence electrons. The van der Waals surface area contributed by atoms with E-state index in [1.807, 2.05) is 30.8 Å². The van der Waals surface area contributed by atoms with Crippen molar-refractivity contribution in [2.45, 2.75) is 33.2 Å². The Kier molecular flexibility index (Phi) is 4.25. The van der Waals surface area contributed by atoms with Crippen LogP contribution in [-0.4, -0.2) is 33.0 Å². The minimum atomic E-state index is 0.302. The average Bonchev–Trinajstić information content (AvgIpc) is 3.13. The monoisotopic (exact) mass is 311 g/mol. The molecule has 6 nitrogen and oxygen atoms in total. The van der Waals surface area contributed by atoms with E-state index in [1.165, 1.54) is 5.56 Å². The molecule has 1 aromatic carbocycles. The van der Waals surface area contributed by atoms with E-state index in [0.29, 0.717) is 17.8 Å². The molecule has 1 unspecified atom stereocenters. The van der Waals surface area contributed by atoms with Gasteiger partial charge in [-0.2, -0.15) is 10.1 Å². The molecule has 2 heterocycles. The molecule has 0 aliphatic heterocycles. The van der Waals surface area contributed by atoms with Crippen molar-refractivity contribution in [3.05, 3.63) is 47.5 Å². The van der Waals surface area contributed by atoms with E-state index < -0.39 is 0 Å². The van der Waals surface area contributed by atoms with Gasteiger partial charge < -0.3 is 9.84 Å². The Morgan fingerprint density at radius 1 is 1.30 bits per heavy atom. The summed E-state index contributed by atoms with van der Waals surface area (Å²) in [6, 6.07) is 8.52. The zero-order valence-electron chi connectivity index (χ0n) is 13.9. The van der Waals surface area contributed by atoms with E-state index in [-0.39, 0.29) is 0 Å². The summed E-state index contributed by atoms with van der Waals surface area (Å²) in [6.07, 6.45) is 2.50. The molecule has 0 radical (unpaired) electrons. The molecule has 0 aliphatic rings. The van der Waals surface area contributed by atoms with Crippen LogP contribution >= 0.6 is 0 Å². The fraction of sp³-hybridized carbons (Fsp3) is 0.353. The zero-order valence-corrected chi connectivity index (χ0v) is 13.9. The van der Waals surface area contributed by atoms with Crippen LogP contribution in [-0.2, 0) is 6.42 Å². The fourth-order valence-electron chi connectivity index (χ4n) is 2.46. The molecule has 0 amide bonds. The largest absolute Gasteiger partial charge is 0.334 e. The molecule has 0 saturated carbocycles. The Morgan fingerprint density at radius 3 is 2.87 bits per heavy atom. The highest BCUT2D eigenvalue weighted by atomic mass is 16.5. The quantitative estimate of drug-likeness (QED) is 0.784. The Balaban J connectivity index is 1.90. The van der Waals surface area contributed by atoms with Gasteiger partial charge in [-0.3, -0.25) is 0 Å². The summed E-state index contributed by atoms with van der Waals surface area (Å²) in [5, 5.41) is 11.7. The summed E-state index contributed by atoms with van der Waals surface area (Å²) in [7, 11) is 1.92. The summed E-state index contributed by atoms with van der Waals surface area (Å²) >= 11 is 0. The van der Waals surface area contributed by atoms with Crippen LogP contribution in [0.2, 0.25) is 0 Å². The van der Waals surface area contributed by atoms with E-state index >= 15 is 0 Å². The van der Waals surface area contributed by atoms with E-state index in [1.54, 1.807) is 6.20 Å². The van der Waals surface area contributed by atoms with Crippen LogP contribution in [0.15, 0.2) is 35.0 Å². The smallest absolute Gasteiger partial charge is 0.261 e. The van der Waals surface area contributed by atoms with Gasteiger partial charge >= 0.3 is 0 Å². The summed E-state index contributed by atoms with van der Waals surface area (Å²) in [6.45, 7) is 6.15. The van der Waals surface area contributed by atoms with Crippen molar-refractivity contribution in [2.75, 3.05) is 7.05 Å². The second kappa shape index (κ2) is 6.34. The Hall–Kier alpha value is -2.47. The number of likely N-dealkylation sites (N-methyl/N-ethyl adjacent to an activating group) is 1. The van der Waals surface area contributed by atoms with Gasteiger partial charge in [0, 0.05) is 12.5 Å². The minimum absolute atomic E-state index is 0.302. The first-order valence-corrected chi connectivity index (χ1v) is 7.70. The molecule has 1 atom stereocenters. The molecule has 3 aromatic rings. The minimum Gasteiger partial charge on any atom is -0.334 e. The maximum absolute atomic E-state index is 5.41. The number of rotatable bonds is 5. The topological polar surface area (TPSA) is 68.8 Å². The maximum Gasteiger partial charge on any atom is 0.261 e. The van der Waals surface area contributed by atoms with Gasteiger partial charge in [0.2, 0.25) is 0 Å². The van der Waals surface area contributed by atoms with Crippen molar-refractivity contribution in [3.8, 4) is 17.1 Å². The average molecular weight is 311 g/mol. The third kappa shape index (κ3) is 3.17. The molecule has 1 N–H and O–H groups in total. The predicted molar refractivity (Wildman–Crippen MR) is 88.6 cm³/mol. The molecule has 3 rings (SSSR count). The van der Waals surface area contributed by atoms with Crippen LogP contribution in [0.25, 0.3) is 17.1 Å². The zero-order chi connectivity index (χ0) is 16.4. The van der Waals surface area contributed by atoms with E-state index in [2.05, 4.69) is 46.5 Å². The summed E-state index contributed by atoms with van der Waals surface area (Å²) < 4.78 is 7.30. The van der Waals surface area contributed by atoms with Crippen LogP contribution in [0.1, 0.15) is 24.0 Å². The van der Waals surface area contributed by atoms with Gasteiger partial charge in [0.15, 0.2) is 5.82 Å². The summed E-state index contributed by atoms with van der Waals surface area (Å²) in [5.74, 6) is 1.21. The first-order chi connectivity index (χ1) is 11.1. The number of hydrogen-bond acceptors (Lipinski definition) is 5. The lowest BCUT2D eigenvalue weighted by molar-refractivity contribution is 0.418. The molecular weight excluding hydrogens is 290 g/mol. The first kappa shape index (κ1) is 15.4. The van der Waals surface area contributed by atoms with Gasteiger partial charge in [0.25, 0.3) is 5.89 Å². The number of benzene rings is 1. The Morgan fingerprint density at radius 2 is 2.13 bits per heavy atom. The van der Waals surface area contributed by atoms with Gasteiger partial charge in [0.1, 0.15) is 0 Å². The number of nitrogens with one attached hydrogen (secondary N) is 1. The molecule has 6 heteroatoms. The summed E-state index contributed by atoms with van der Waals surface area (Å²) in [5.41, 5.74) is 4.06.